The van der Waals surface area contributed by atoms with Crippen molar-refractivity contribution in [3.05, 3.63) is 5.56 Å². The van der Waals surface area contributed by atoms with Gasteiger partial charge in [-0.25, -0.2) is 4.79 Å². The second kappa shape index (κ2) is 4.97. The fourth-order valence-corrected chi connectivity index (χ4v) is 3.14. The van der Waals surface area contributed by atoms with E-state index in [1.54, 1.807) is 7.11 Å². The zero-order chi connectivity index (χ0) is 14.2. The van der Waals surface area contributed by atoms with Crippen LogP contribution in [0.4, 0.5) is 10.8 Å². The fourth-order valence-electron chi connectivity index (χ4n) is 2.39. The van der Waals surface area contributed by atoms with Crippen molar-refractivity contribution in [2.24, 2.45) is 5.41 Å². The number of nitrogen functional groups attached to an aromatic ring is 1. The summed E-state index contributed by atoms with van der Waals surface area (Å²) in [5.74, 6) is -0.256. The number of ether oxygens (including phenoxy) is 2. The third-order valence-electron chi connectivity index (χ3n) is 3.88. The van der Waals surface area contributed by atoms with E-state index >= 15 is 0 Å². The number of rotatable bonds is 4. The first-order valence-electron chi connectivity index (χ1n) is 6.04. The summed E-state index contributed by atoms with van der Waals surface area (Å²) in [6, 6.07) is 0.223. The average Bonchev–Trinajstić information content (AvgIpc) is 2.74. The minimum absolute atomic E-state index is 0.000884. The largest absolute Gasteiger partial charge is 0.465 e. The molecule has 0 spiro atoms. The molecule has 2 unspecified atom stereocenters. The molecule has 2 atom stereocenters. The highest BCUT2D eigenvalue weighted by atomic mass is 32.1. The van der Waals surface area contributed by atoms with Crippen LogP contribution in [0.25, 0.3) is 0 Å². The first-order valence-corrected chi connectivity index (χ1v) is 6.82. The van der Waals surface area contributed by atoms with Crippen molar-refractivity contribution in [2.45, 2.75) is 32.4 Å². The van der Waals surface area contributed by atoms with E-state index in [-0.39, 0.29) is 23.4 Å². The molecular formula is C12H19N3O3S. The van der Waals surface area contributed by atoms with E-state index in [4.69, 9.17) is 15.2 Å². The van der Waals surface area contributed by atoms with E-state index in [2.05, 4.69) is 23.5 Å². The van der Waals surface area contributed by atoms with Crippen LogP contribution < -0.4 is 11.1 Å². The smallest absolute Gasteiger partial charge is 0.344 e. The zero-order valence-electron chi connectivity index (χ0n) is 11.5. The number of aromatic nitrogens is 1. The van der Waals surface area contributed by atoms with Crippen molar-refractivity contribution in [1.29, 1.82) is 0 Å². The molecule has 0 amide bonds. The number of hydrogen-bond donors (Lipinski definition) is 2. The van der Waals surface area contributed by atoms with Gasteiger partial charge in [-0.05, 0) is 18.0 Å². The SMILES string of the molecule is COC(=O)c1c(N)nsc1NC1CC(OC)C1(C)C. The Morgan fingerprint density at radius 1 is 1.53 bits per heavy atom. The van der Waals surface area contributed by atoms with Crippen molar-refractivity contribution in [1.82, 2.24) is 4.37 Å². The van der Waals surface area contributed by atoms with Crippen LogP contribution >= 0.6 is 11.5 Å². The molecule has 0 saturated heterocycles. The summed E-state index contributed by atoms with van der Waals surface area (Å²) in [5, 5.41) is 4.00. The topological polar surface area (TPSA) is 86.5 Å². The normalized spacial score (nSPS) is 24.6. The predicted octanol–water partition coefficient (Wildman–Crippen LogP) is 1.74. The molecule has 0 bridgehead atoms. The molecule has 1 aromatic rings. The summed E-state index contributed by atoms with van der Waals surface area (Å²) in [7, 11) is 3.05. The lowest BCUT2D eigenvalue weighted by molar-refractivity contribution is -0.0793. The number of nitrogens with zero attached hydrogens (tertiary/aromatic N) is 1. The summed E-state index contributed by atoms with van der Waals surface area (Å²) >= 11 is 1.18. The standard InChI is InChI=1S/C12H19N3O3S/c1-12(2)6(5-7(12)17-3)14-10-8(11(16)18-4)9(13)15-19-10/h6-7,14H,5H2,1-4H3,(H2,13,15). The molecule has 2 rings (SSSR count). The predicted molar refractivity (Wildman–Crippen MR) is 74.5 cm³/mol. The van der Waals surface area contributed by atoms with Crippen molar-refractivity contribution in [3.8, 4) is 0 Å². The number of nitrogens with one attached hydrogen (secondary N) is 1. The van der Waals surface area contributed by atoms with Crippen molar-refractivity contribution >= 4 is 28.3 Å². The number of hydrogen-bond acceptors (Lipinski definition) is 7. The summed E-state index contributed by atoms with van der Waals surface area (Å²) in [6.07, 6.45) is 1.11. The number of esters is 1. The third-order valence-corrected chi connectivity index (χ3v) is 4.67. The molecule has 0 aromatic carbocycles. The molecule has 19 heavy (non-hydrogen) atoms. The van der Waals surface area contributed by atoms with Gasteiger partial charge in [0.1, 0.15) is 10.6 Å². The molecule has 1 saturated carbocycles. The molecule has 1 aliphatic rings. The van der Waals surface area contributed by atoms with Crippen LogP contribution in [0.5, 0.6) is 0 Å². The maximum atomic E-state index is 11.7. The summed E-state index contributed by atoms with van der Waals surface area (Å²) < 4.78 is 14.1. The Bertz CT molecular complexity index is 487. The quantitative estimate of drug-likeness (QED) is 0.819. The number of anilines is 2. The maximum absolute atomic E-state index is 11.7. The maximum Gasteiger partial charge on any atom is 0.344 e. The second-order valence-corrected chi connectivity index (χ2v) is 6.02. The van der Waals surface area contributed by atoms with Crippen LogP contribution in [-0.4, -0.2) is 36.7 Å². The molecule has 1 heterocycles. The van der Waals surface area contributed by atoms with Crippen molar-refractivity contribution in [2.75, 3.05) is 25.3 Å². The molecular weight excluding hydrogens is 266 g/mol. The van der Waals surface area contributed by atoms with Gasteiger partial charge in [0.05, 0.1) is 13.2 Å². The lowest BCUT2D eigenvalue weighted by Gasteiger charge is -2.51. The zero-order valence-corrected chi connectivity index (χ0v) is 12.3. The fraction of sp³-hybridized carbons (Fsp3) is 0.667. The molecule has 1 aliphatic carbocycles. The van der Waals surface area contributed by atoms with Crippen LogP contribution in [-0.2, 0) is 9.47 Å². The molecule has 1 aromatic heterocycles. The molecule has 0 radical (unpaired) electrons. The highest BCUT2D eigenvalue weighted by Gasteiger charge is 2.49. The van der Waals surface area contributed by atoms with E-state index in [0.717, 1.165) is 6.42 Å². The number of nitrogens with two attached hydrogens (primary N) is 1. The number of carbonyl (C=O) groups excluding carboxylic acids is 1. The monoisotopic (exact) mass is 285 g/mol. The van der Waals surface area contributed by atoms with Crippen LogP contribution in [0.2, 0.25) is 0 Å². The van der Waals surface area contributed by atoms with Crippen molar-refractivity contribution < 1.29 is 14.3 Å². The van der Waals surface area contributed by atoms with Gasteiger partial charge < -0.3 is 20.5 Å². The van der Waals surface area contributed by atoms with Gasteiger partial charge in [0.15, 0.2) is 5.82 Å². The molecule has 106 valence electrons. The minimum atomic E-state index is -0.464. The molecule has 3 N–H and O–H groups in total. The van der Waals surface area contributed by atoms with E-state index in [0.29, 0.717) is 10.6 Å². The highest BCUT2D eigenvalue weighted by Crippen LogP contribution is 2.45. The minimum Gasteiger partial charge on any atom is -0.465 e. The molecule has 7 heteroatoms. The summed E-state index contributed by atoms with van der Waals surface area (Å²) in [4.78, 5) is 11.7. The highest BCUT2D eigenvalue weighted by molar-refractivity contribution is 7.11. The Kier molecular flexibility index (Phi) is 3.69. The van der Waals surface area contributed by atoms with Gasteiger partial charge in [0, 0.05) is 18.6 Å². The van der Waals surface area contributed by atoms with E-state index in [9.17, 15) is 4.79 Å². The van der Waals surface area contributed by atoms with Crippen LogP contribution in [0.1, 0.15) is 30.6 Å². The second-order valence-electron chi connectivity index (χ2n) is 5.24. The molecule has 6 nitrogen and oxygen atoms in total. The Morgan fingerprint density at radius 2 is 2.21 bits per heavy atom. The van der Waals surface area contributed by atoms with Crippen molar-refractivity contribution in [3.63, 3.8) is 0 Å². The van der Waals surface area contributed by atoms with Gasteiger partial charge in [-0.15, -0.1) is 0 Å². The van der Waals surface area contributed by atoms with Crippen LogP contribution in [0.15, 0.2) is 0 Å². The first-order chi connectivity index (χ1) is 8.91. The third kappa shape index (κ3) is 2.28. The van der Waals surface area contributed by atoms with Gasteiger partial charge in [0.25, 0.3) is 0 Å². The van der Waals surface area contributed by atoms with E-state index in [1.165, 1.54) is 18.6 Å². The van der Waals surface area contributed by atoms with Crippen LogP contribution in [0.3, 0.4) is 0 Å². The Labute approximate surface area is 116 Å². The Hall–Kier alpha value is -1.34. The Balaban J connectivity index is 2.15. The summed E-state index contributed by atoms with van der Waals surface area (Å²) in [6.45, 7) is 4.26. The van der Waals surface area contributed by atoms with Gasteiger partial charge >= 0.3 is 5.97 Å². The first kappa shape index (κ1) is 14.1. The number of carbonyl (C=O) groups is 1. The summed E-state index contributed by atoms with van der Waals surface area (Å²) in [5.41, 5.74) is 6.03. The lowest BCUT2D eigenvalue weighted by atomic mass is 9.64. The van der Waals surface area contributed by atoms with Crippen LogP contribution in [0, 0.1) is 5.41 Å². The van der Waals surface area contributed by atoms with Gasteiger partial charge in [0.2, 0.25) is 0 Å². The average molecular weight is 285 g/mol. The van der Waals surface area contributed by atoms with Gasteiger partial charge in [-0.1, -0.05) is 13.8 Å². The van der Waals surface area contributed by atoms with E-state index in [1.807, 2.05) is 0 Å². The molecule has 0 aliphatic heterocycles. The lowest BCUT2D eigenvalue weighted by Crippen LogP contribution is -2.57. The Morgan fingerprint density at radius 3 is 2.74 bits per heavy atom. The van der Waals surface area contributed by atoms with Gasteiger partial charge in [-0.2, -0.15) is 4.37 Å². The molecule has 1 fully saturated rings. The van der Waals surface area contributed by atoms with E-state index < -0.39 is 5.97 Å². The van der Waals surface area contributed by atoms with Gasteiger partial charge in [-0.3, -0.25) is 0 Å². The number of methoxy groups -OCH3 is 2.